The number of primary amides is 1. The lowest BCUT2D eigenvalue weighted by Gasteiger charge is -2.34. The van der Waals surface area contributed by atoms with Gasteiger partial charge in [0.25, 0.3) is 0 Å². The predicted octanol–water partition coefficient (Wildman–Crippen LogP) is 0.832. The highest BCUT2D eigenvalue weighted by Crippen LogP contribution is 2.29. The Morgan fingerprint density at radius 2 is 2.00 bits per heavy atom. The van der Waals surface area contributed by atoms with Gasteiger partial charge in [-0.05, 0) is 45.6 Å². The number of hydrogen-bond donors (Lipinski definition) is 3. The first kappa shape index (κ1) is 19.0. The van der Waals surface area contributed by atoms with Crippen molar-refractivity contribution in [2.75, 3.05) is 39.4 Å². The summed E-state index contributed by atoms with van der Waals surface area (Å²) in [4.78, 5) is 26.2. The Morgan fingerprint density at radius 1 is 1.25 bits per heavy atom. The second-order valence-electron chi connectivity index (χ2n) is 7.10. The van der Waals surface area contributed by atoms with Gasteiger partial charge in [-0.25, -0.2) is 4.79 Å². The van der Waals surface area contributed by atoms with Crippen LogP contribution < -0.4 is 16.4 Å². The maximum atomic E-state index is 11.9. The van der Waals surface area contributed by atoms with Gasteiger partial charge in [0.05, 0.1) is 5.41 Å². The standard InChI is InChI=1S/C17H32N4O3/c1-14-5-2-3-9-21(14)10-4-8-19-16(23)20-13-17(15(18)22)6-11-24-12-7-17/h14H,2-13H2,1H3,(H2,18,22)(H2,19,20,23)/t14-/m1/s1. The van der Waals surface area contributed by atoms with Crippen LogP contribution in [0.1, 0.15) is 45.4 Å². The minimum Gasteiger partial charge on any atom is -0.381 e. The number of amides is 3. The number of urea groups is 1. The molecular weight excluding hydrogens is 308 g/mol. The van der Waals surface area contributed by atoms with Gasteiger partial charge in [-0.15, -0.1) is 0 Å². The number of likely N-dealkylation sites (tertiary alicyclic amines) is 1. The molecule has 0 unspecified atom stereocenters. The van der Waals surface area contributed by atoms with Crippen molar-refractivity contribution in [3.8, 4) is 0 Å². The van der Waals surface area contributed by atoms with E-state index in [9.17, 15) is 9.59 Å². The quantitative estimate of drug-likeness (QED) is 0.598. The van der Waals surface area contributed by atoms with E-state index in [1.54, 1.807) is 0 Å². The van der Waals surface area contributed by atoms with Crippen molar-refractivity contribution in [3.05, 3.63) is 0 Å². The molecule has 0 radical (unpaired) electrons. The molecule has 2 saturated heterocycles. The van der Waals surface area contributed by atoms with Crippen LogP contribution in [0.2, 0.25) is 0 Å². The molecule has 0 aromatic carbocycles. The average molecular weight is 340 g/mol. The van der Waals surface area contributed by atoms with Crippen molar-refractivity contribution in [1.29, 1.82) is 0 Å². The monoisotopic (exact) mass is 340 g/mol. The summed E-state index contributed by atoms with van der Waals surface area (Å²) < 4.78 is 5.29. The van der Waals surface area contributed by atoms with E-state index in [0.717, 1.165) is 19.5 Å². The molecule has 4 N–H and O–H groups in total. The number of rotatable bonds is 7. The minimum absolute atomic E-state index is 0.228. The molecule has 0 aromatic heterocycles. The van der Waals surface area contributed by atoms with Crippen LogP contribution in [0.15, 0.2) is 0 Å². The minimum atomic E-state index is -0.668. The van der Waals surface area contributed by atoms with Crippen LogP contribution in [0, 0.1) is 5.41 Å². The molecule has 0 aliphatic carbocycles. The van der Waals surface area contributed by atoms with Gasteiger partial charge in [0.1, 0.15) is 0 Å². The number of nitrogens with one attached hydrogen (secondary N) is 2. The van der Waals surface area contributed by atoms with E-state index in [0.29, 0.717) is 38.6 Å². The first-order valence-corrected chi connectivity index (χ1v) is 9.17. The summed E-state index contributed by atoms with van der Waals surface area (Å²) in [6.45, 7) is 6.40. The lowest BCUT2D eigenvalue weighted by Crippen LogP contribution is -2.51. The Morgan fingerprint density at radius 3 is 2.67 bits per heavy atom. The zero-order valence-electron chi connectivity index (χ0n) is 14.8. The topological polar surface area (TPSA) is 96.7 Å². The number of piperidine rings is 1. The number of ether oxygens (including phenoxy) is 1. The normalized spacial score (nSPS) is 24.3. The van der Waals surface area contributed by atoms with Crippen molar-refractivity contribution in [3.63, 3.8) is 0 Å². The van der Waals surface area contributed by atoms with Gasteiger partial charge < -0.3 is 26.0 Å². The molecule has 0 aromatic rings. The molecule has 0 bridgehead atoms. The second-order valence-corrected chi connectivity index (χ2v) is 7.10. The van der Waals surface area contributed by atoms with Crippen molar-refractivity contribution < 1.29 is 14.3 Å². The number of nitrogens with two attached hydrogens (primary N) is 1. The van der Waals surface area contributed by atoms with Gasteiger partial charge in [-0.2, -0.15) is 0 Å². The predicted molar refractivity (Wildman–Crippen MR) is 92.6 cm³/mol. The summed E-state index contributed by atoms with van der Waals surface area (Å²) in [5.41, 5.74) is 4.87. The molecular formula is C17H32N4O3. The van der Waals surface area contributed by atoms with Gasteiger partial charge in [0.15, 0.2) is 0 Å². The molecule has 2 fully saturated rings. The summed E-state index contributed by atoms with van der Waals surface area (Å²) in [5.74, 6) is -0.356. The van der Waals surface area contributed by atoms with Gasteiger partial charge >= 0.3 is 6.03 Å². The van der Waals surface area contributed by atoms with E-state index in [1.165, 1.54) is 19.3 Å². The van der Waals surface area contributed by atoms with Crippen molar-refractivity contribution in [1.82, 2.24) is 15.5 Å². The van der Waals surface area contributed by atoms with Gasteiger partial charge in [0, 0.05) is 38.9 Å². The van der Waals surface area contributed by atoms with Crippen LogP contribution >= 0.6 is 0 Å². The lowest BCUT2D eigenvalue weighted by molar-refractivity contribution is -0.132. The van der Waals surface area contributed by atoms with Gasteiger partial charge in [-0.1, -0.05) is 6.42 Å². The largest absolute Gasteiger partial charge is 0.381 e. The average Bonchev–Trinajstić information content (AvgIpc) is 2.59. The Bertz CT molecular complexity index is 424. The molecule has 138 valence electrons. The third kappa shape index (κ3) is 5.34. The van der Waals surface area contributed by atoms with Crippen molar-refractivity contribution in [2.45, 2.75) is 51.5 Å². The Hall–Kier alpha value is -1.34. The molecule has 0 saturated carbocycles. The first-order chi connectivity index (χ1) is 11.5. The Kier molecular flexibility index (Phi) is 7.30. The maximum absolute atomic E-state index is 11.9. The van der Waals surface area contributed by atoms with E-state index in [4.69, 9.17) is 10.5 Å². The van der Waals surface area contributed by atoms with Crippen LogP contribution in [0.3, 0.4) is 0 Å². The fourth-order valence-corrected chi connectivity index (χ4v) is 3.56. The number of carbonyl (C=O) groups excluding carboxylic acids is 2. The van der Waals surface area contributed by atoms with Crippen LogP contribution in [-0.4, -0.2) is 62.3 Å². The van der Waals surface area contributed by atoms with Crippen LogP contribution in [0.4, 0.5) is 4.79 Å². The molecule has 0 spiro atoms. The van der Waals surface area contributed by atoms with E-state index in [-0.39, 0.29) is 18.5 Å². The highest BCUT2D eigenvalue weighted by Gasteiger charge is 2.38. The zero-order valence-corrected chi connectivity index (χ0v) is 14.8. The van der Waals surface area contributed by atoms with E-state index in [1.807, 2.05) is 0 Å². The molecule has 3 amide bonds. The SMILES string of the molecule is C[C@@H]1CCCCN1CCCNC(=O)NCC1(C(N)=O)CCOCC1. The molecule has 7 heteroatoms. The highest BCUT2D eigenvalue weighted by molar-refractivity contribution is 5.82. The Balaban J connectivity index is 1.63. The van der Waals surface area contributed by atoms with E-state index >= 15 is 0 Å². The van der Waals surface area contributed by atoms with Crippen LogP contribution in [0.5, 0.6) is 0 Å². The fraction of sp³-hybridized carbons (Fsp3) is 0.882. The lowest BCUT2D eigenvalue weighted by atomic mass is 9.79. The summed E-state index contributed by atoms with van der Waals surface area (Å²) in [6, 6.07) is 0.422. The third-order valence-corrected chi connectivity index (χ3v) is 5.41. The molecule has 2 heterocycles. The number of nitrogens with zero attached hydrogens (tertiary/aromatic N) is 1. The van der Waals surface area contributed by atoms with Crippen LogP contribution in [-0.2, 0) is 9.53 Å². The number of carbonyl (C=O) groups is 2. The fourth-order valence-electron chi connectivity index (χ4n) is 3.56. The molecule has 2 rings (SSSR count). The summed E-state index contributed by atoms with van der Waals surface area (Å²) in [7, 11) is 0. The van der Waals surface area contributed by atoms with Crippen molar-refractivity contribution in [2.24, 2.45) is 11.1 Å². The highest BCUT2D eigenvalue weighted by atomic mass is 16.5. The first-order valence-electron chi connectivity index (χ1n) is 9.17. The van der Waals surface area contributed by atoms with E-state index in [2.05, 4.69) is 22.5 Å². The number of hydrogen-bond acceptors (Lipinski definition) is 4. The molecule has 2 aliphatic rings. The van der Waals surface area contributed by atoms with Gasteiger partial charge in [0.2, 0.25) is 5.91 Å². The molecule has 1 atom stereocenters. The summed E-state index contributed by atoms with van der Waals surface area (Å²) in [5, 5.41) is 5.67. The third-order valence-electron chi connectivity index (χ3n) is 5.41. The van der Waals surface area contributed by atoms with Crippen molar-refractivity contribution >= 4 is 11.9 Å². The summed E-state index contributed by atoms with van der Waals surface area (Å²) in [6.07, 6.45) is 5.94. The smallest absolute Gasteiger partial charge is 0.314 e. The second kappa shape index (κ2) is 9.22. The molecule has 2 aliphatic heterocycles. The van der Waals surface area contributed by atoms with Crippen LogP contribution in [0.25, 0.3) is 0 Å². The molecule has 24 heavy (non-hydrogen) atoms. The Labute approximate surface area is 144 Å². The molecule has 7 nitrogen and oxygen atoms in total. The summed E-state index contributed by atoms with van der Waals surface area (Å²) >= 11 is 0. The maximum Gasteiger partial charge on any atom is 0.314 e. The van der Waals surface area contributed by atoms with Gasteiger partial charge in [-0.3, -0.25) is 4.79 Å². The zero-order chi connectivity index (χ0) is 17.4. The van der Waals surface area contributed by atoms with E-state index < -0.39 is 5.41 Å².